The number of ether oxygens (including phenoxy) is 1. The van der Waals surface area contributed by atoms with E-state index in [0.29, 0.717) is 0 Å². The van der Waals surface area contributed by atoms with Crippen LogP contribution in [0.4, 0.5) is 0 Å². The van der Waals surface area contributed by atoms with Crippen LogP contribution in [0.25, 0.3) is 22.6 Å². The van der Waals surface area contributed by atoms with Gasteiger partial charge in [-0.3, -0.25) is 0 Å². The Balaban J connectivity index is 1.65. The Morgan fingerprint density at radius 1 is 1.03 bits per heavy atom. The van der Waals surface area contributed by atoms with E-state index in [1.54, 1.807) is 5.57 Å². The maximum atomic E-state index is 5.62. The van der Waals surface area contributed by atoms with Crippen molar-refractivity contribution in [3.63, 3.8) is 0 Å². The number of benzene rings is 1. The van der Waals surface area contributed by atoms with Crippen molar-refractivity contribution in [2.24, 2.45) is 5.92 Å². The van der Waals surface area contributed by atoms with Crippen molar-refractivity contribution in [1.82, 2.24) is 9.13 Å². The molecule has 35 heavy (non-hydrogen) atoms. The Labute approximate surface area is 211 Å². The summed E-state index contributed by atoms with van der Waals surface area (Å²) in [5, 5.41) is 1.42. The number of hydrogen-bond donors (Lipinski definition) is 0. The van der Waals surface area contributed by atoms with Crippen molar-refractivity contribution in [1.29, 1.82) is 0 Å². The number of nitrogens with zero attached hydrogens (tertiary/aromatic N) is 2. The second-order valence-corrected chi connectivity index (χ2v) is 10.5. The Morgan fingerprint density at radius 3 is 2.49 bits per heavy atom. The van der Waals surface area contributed by atoms with Crippen LogP contribution < -0.4 is 0 Å². The lowest BCUT2D eigenvalue weighted by Crippen LogP contribution is -2.17. The first-order valence-electron chi connectivity index (χ1n) is 13.8. The molecule has 0 atom stereocenters. The third kappa shape index (κ3) is 4.56. The van der Waals surface area contributed by atoms with Crippen LogP contribution in [0.2, 0.25) is 0 Å². The molecular weight excluding hydrogens is 428 g/mol. The zero-order valence-corrected chi connectivity index (χ0v) is 22.2. The summed E-state index contributed by atoms with van der Waals surface area (Å²) in [4.78, 5) is 0. The molecule has 1 aromatic carbocycles. The molecule has 3 heteroatoms. The first-order valence-corrected chi connectivity index (χ1v) is 13.8. The van der Waals surface area contributed by atoms with Gasteiger partial charge in [-0.2, -0.15) is 0 Å². The largest absolute Gasteiger partial charge is 0.381 e. The average molecular weight is 471 g/mol. The van der Waals surface area contributed by atoms with Crippen molar-refractivity contribution in [3.8, 4) is 0 Å². The molecule has 1 aliphatic heterocycles. The summed E-state index contributed by atoms with van der Waals surface area (Å²) in [6.45, 7) is 13.1. The summed E-state index contributed by atoms with van der Waals surface area (Å²) >= 11 is 0. The molecule has 1 saturated carbocycles. The summed E-state index contributed by atoms with van der Waals surface area (Å²) < 4.78 is 10.8. The predicted octanol–water partition coefficient (Wildman–Crippen LogP) is 8.31. The first-order chi connectivity index (χ1) is 17.1. The Morgan fingerprint density at radius 2 is 1.80 bits per heavy atom. The lowest BCUT2D eigenvalue weighted by molar-refractivity contribution is 0.0627. The lowest BCUT2D eigenvalue weighted by atomic mass is 9.83. The van der Waals surface area contributed by atoms with Crippen molar-refractivity contribution in [2.45, 2.75) is 85.7 Å². The molecule has 0 N–H and O–H groups in total. The van der Waals surface area contributed by atoms with Crippen LogP contribution in [0.5, 0.6) is 0 Å². The number of fused-ring (bicyclic) bond motifs is 1. The molecule has 5 rings (SSSR count). The highest BCUT2D eigenvalue weighted by Crippen LogP contribution is 2.43. The van der Waals surface area contributed by atoms with Gasteiger partial charge >= 0.3 is 0 Å². The van der Waals surface area contributed by atoms with Crippen LogP contribution in [0.3, 0.4) is 0 Å². The fourth-order valence-corrected chi connectivity index (χ4v) is 6.20. The smallest absolute Gasteiger partial charge is 0.0495 e. The van der Waals surface area contributed by atoms with E-state index in [-0.39, 0.29) is 0 Å². The molecule has 2 aliphatic rings. The summed E-state index contributed by atoms with van der Waals surface area (Å²) in [5.41, 5.74) is 11.6. The molecule has 3 nitrogen and oxygen atoms in total. The van der Waals surface area contributed by atoms with Gasteiger partial charge in [-0.25, -0.2) is 0 Å². The van der Waals surface area contributed by atoms with E-state index in [9.17, 15) is 0 Å². The lowest BCUT2D eigenvalue weighted by Gasteiger charge is -2.25. The minimum Gasteiger partial charge on any atom is -0.381 e. The molecule has 3 heterocycles. The van der Waals surface area contributed by atoms with Crippen molar-refractivity contribution >= 4 is 22.6 Å². The maximum Gasteiger partial charge on any atom is 0.0495 e. The molecule has 3 aromatic rings. The second-order valence-electron chi connectivity index (χ2n) is 10.5. The van der Waals surface area contributed by atoms with E-state index < -0.39 is 0 Å². The van der Waals surface area contributed by atoms with Crippen LogP contribution in [0, 0.1) is 19.8 Å². The molecule has 2 aromatic heterocycles. The van der Waals surface area contributed by atoms with Gasteiger partial charge in [0, 0.05) is 65.4 Å². The molecule has 0 amide bonds. The topological polar surface area (TPSA) is 19.1 Å². The normalized spacial score (nSPS) is 17.0. The Hall–Kier alpha value is -2.52. The quantitative estimate of drug-likeness (QED) is 0.324. The number of rotatable bonds is 8. The molecular formula is C32H42N2O. The molecule has 1 aliphatic carbocycles. The third-order valence-corrected chi connectivity index (χ3v) is 8.35. The number of hydrogen-bond acceptors (Lipinski definition) is 1. The molecule has 186 valence electrons. The predicted molar refractivity (Wildman–Crippen MR) is 149 cm³/mol. The maximum absolute atomic E-state index is 5.62. The average Bonchev–Trinajstić information content (AvgIpc) is 3.29. The van der Waals surface area contributed by atoms with Gasteiger partial charge in [0.2, 0.25) is 0 Å². The number of aromatic nitrogens is 2. The minimum atomic E-state index is 0.782. The van der Waals surface area contributed by atoms with E-state index in [1.165, 1.54) is 83.2 Å². The summed E-state index contributed by atoms with van der Waals surface area (Å²) in [6.07, 6.45) is 13.0. The summed E-state index contributed by atoms with van der Waals surface area (Å²) in [7, 11) is 0. The number of aryl methyl sites for hydroxylation is 1. The van der Waals surface area contributed by atoms with Crippen LogP contribution in [0.1, 0.15) is 87.0 Å². The van der Waals surface area contributed by atoms with Gasteiger partial charge in [0.25, 0.3) is 0 Å². The second kappa shape index (κ2) is 10.6. The van der Waals surface area contributed by atoms with E-state index in [0.717, 1.165) is 38.6 Å². The third-order valence-electron chi connectivity index (χ3n) is 8.35. The molecule has 0 unspecified atom stereocenters. The van der Waals surface area contributed by atoms with Gasteiger partial charge in [0.15, 0.2) is 0 Å². The monoisotopic (exact) mass is 470 g/mol. The molecule has 2 fully saturated rings. The molecule has 1 saturated heterocycles. The van der Waals surface area contributed by atoms with E-state index in [4.69, 9.17) is 4.74 Å². The minimum absolute atomic E-state index is 0.782. The summed E-state index contributed by atoms with van der Waals surface area (Å²) in [6, 6.07) is 11.6. The zero-order valence-electron chi connectivity index (χ0n) is 22.2. The van der Waals surface area contributed by atoms with Gasteiger partial charge in [-0.15, -0.1) is 0 Å². The van der Waals surface area contributed by atoms with Crippen LogP contribution in [0.15, 0.2) is 42.0 Å². The van der Waals surface area contributed by atoms with Crippen LogP contribution in [-0.4, -0.2) is 22.3 Å². The van der Waals surface area contributed by atoms with Crippen molar-refractivity contribution in [2.75, 3.05) is 13.2 Å². The fourth-order valence-electron chi connectivity index (χ4n) is 6.20. The SMILES string of the molecule is C/C=C\c1cc(C(=C2CCC2)c2c(C)n(CCC3CCOCC3)c3ccccc23)n(CCC)c1C. The van der Waals surface area contributed by atoms with Crippen LogP contribution >= 0.6 is 0 Å². The van der Waals surface area contributed by atoms with Gasteiger partial charge in [-0.1, -0.05) is 42.8 Å². The molecule has 0 bridgehead atoms. The number of allylic oxidation sites excluding steroid dienone is 2. The van der Waals surface area contributed by atoms with E-state index >= 15 is 0 Å². The Bertz CT molecular complexity index is 1240. The van der Waals surface area contributed by atoms with E-state index in [2.05, 4.69) is 79.3 Å². The highest BCUT2D eigenvalue weighted by molar-refractivity contribution is 6.00. The van der Waals surface area contributed by atoms with Gasteiger partial charge in [0.1, 0.15) is 0 Å². The first kappa shape index (κ1) is 24.2. The fraction of sp³-hybridized carbons (Fsp3) is 0.500. The number of para-hydroxylation sites is 1. The highest BCUT2D eigenvalue weighted by Gasteiger charge is 2.27. The van der Waals surface area contributed by atoms with Crippen LogP contribution in [-0.2, 0) is 17.8 Å². The van der Waals surface area contributed by atoms with Crippen molar-refractivity contribution in [3.05, 3.63) is 70.2 Å². The molecule has 0 spiro atoms. The van der Waals surface area contributed by atoms with Gasteiger partial charge in [-0.05, 0) is 89.3 Å². The zero-order chi connectivity index (χ0) is 24.4. The molecule has 0 radical (unpaired) electrons. The summed E-state index contributed by atoms with van der Waals surface area (Å²) in [5.74, 6) is 0.782. The van der Waals surface area contributed by atoms with E-state index in [1.807, 2.05) is 0 Å². The highest BCUT2D eigenvalue weighted by atomic mass is 16.5. The standard InChI is InChI=1S/C32H42N2O/c1-5-10-27-22-30(33(18-6-2)23(27)3)32(26-11-9-12-26)31-24(4)34(29-14-8-7-13-28(29)31)19-15-25-16-20-35-21-17-25/h5,7-8,10,13-14,22,25H,6,9,11-12,15-21H2,1-4H3/b10-5-. The van der Waals surface area contributed by atoms with Gasteiger partial charge in [0.05, 0.1) is 0 Å². The Kier molecular flexibility index (Phi) is 7.34. The van der Waals surface area contributed by atoms with Crippen molar-refractivity contribution < 1.29 is 4.74 Å². The van der Waals surface area contributed by atoms with Gasteiger partial charge < -0.3 is 13.9 Å².